The zero-order valence-electron chi connectivity index (χ0n) is 12.7. The average molecular weight is 302 g/mol. The highest BCUT2D eigenvalue weighted by molar-refractivity contribution is 5.79. The number of morpholine rings is 1. The third kappa shape index (κ3) is 4.08. The summed E-state index contributed by atoms with van der Waals surface area (Å²) in [7, 11) is 0. The largest absolute Gasteiger partial charge is 0.494 e. The number of benzene rings is 1. The fourth-order valence-electron chi connectivity index (χ4n) is 2.67. The zero-order valence-corrected chi connectivity index (χ0v) is 12.7. The molecule has 2 heterocycles. The molecule has 3 rings (SSSR count). The van der Waals surface area contributed by atoms with Crippen LogP contribution in [-0.4, -0.2) is 49.3 Å². The number of fused-ring (bicyclic) bond motifs is 1. The van der Waals surface area contributed by atoms with E-state index in [2.05, 4.69) is 9.88 Å². The molecule has 2 aromatic rings. The van der Waals surface area contributed by atoms with Gasteiger partial charge in [0.2, 0.25) is 5.56 Å². The first-order valence-corrected chi connectivity index (χ1v) is 7.87. The van der Waals surface area contributed by atoms with Crippen molar-refractivity contribution in [2.45, 2.75) is 12.8 Å². The van der Waals surface area contributed by atoms with E-state index in [1.54, 1.807) is 0 Å². The molecule has 0 saturated carbocycles. The summed E-state index contributed by atoms with van der Waals surface area (Å²) in [4.78, 5) is 16.6. The summed E-state index contributed by atoms with van der Waals surface area (Å²) in [5.74, 6) is 0.806. The second-order valence-corrected chi connectivity index (χ2v) is 5.58. The molecule has 0 spiro atoms. The van der Waals surface area contributed by atoms with Gasteiger partial charge in [-0.1, -0.05) is 0 Å². The van der Waals surface area contributed by atoms with Gasteiger partial charge in [0.1, 0.15) is 5.75 Å². The van der Waals surface area contributed by atoms with Gasteiger partial charge in [-0.2, -0.15) is 0 Å². The molecule has 118 valence electrons. The number of nitrogens with one attached hydrogen (secondary N) is 1. The van der Waals surface area contributed by atoms with Crippen LogP contribution < -0.4 is 10.3 Å². The van der Waals surface area contributed by atoms with E-state index in [-0.39, 0.29) is 5.56 Å². The van der Waals surface area contributed by atoms with Crippen molar-refractivity contribution < 1.29 is 9.47 Å². The van der Waals surface area contributed by atoms with Gasteiger partial charge in [-0.15, -0.1) is 0 Å². The molecule has 1 aliphatic heterocycles. The van der Waals surface area contributed by atoms with Crippen LogP contribution in [-0.2, 0) is 4.74 Å². The Labute approximate surface area is 129 Å². The zero-order chi connectivity index (χ0) is 15.2. The van der Waals surface area contributed by atoms with E-state index in [0.29, 0.717) is 6.61 Å². The van der Waals surface area contributed by atoms with E-state index < -0.39 is 0 Å². The number of aromatic nitrogens is 1. The predicted octanol–water partition coefficient (Wildman–Crippen LogP) is 2.02. The first kappa shape index (κ1) is 15.1. The smallest absolute Gasteiger partial charge is 0.248 e. The Morgan fingerprint density at radius 2 is 1.95 bits per heavy atom. The van der Waals surface area contributed by atoms with Crippen LogP contribution >= 0.6 is 0 Å². The molecule has 1 aromatic carbocycles. The van der Waals surface area contributed by atoms with Gasteiger partial charge < -0.3 is 14.5 Å². The van der Waals surface area contributed by atoms with Gasteiger partial charge in [0.15, 0.2) is 0 Å². The van der Waals surface area contributed by atoms with Crippen molar-refractivity contribution in [1.82, 2.24) is 9.88 Å². The number of H-pyrrole nitrogens is 1. The standard InChI is InChI=1S/C17H22N2O3/c20-17-6-4-14-3-5-15(13-16(14)18-17)22-10-2-1-7-19-8-11-21-12-9-19/h3-6,13H,1-2,7-12H2,(H,18,20). The summed E-state index contributed by atoms with van der Waals surface area (Å²) in [5.41, 5.74) is 0.730. The fraction of sp³-hybridized carbons (Fsp3) is 0.471. The van der Waals surface area contributed by atoms with E-state index in [1.807, 2.05) is 24.3 Å². The van der Waals surface area contributed by atoms with Gasteiger partial charge in [-0.05, 0) is 43.0 Å². The van der Waals surface area contributed by atoms with Crippen LogP contribution in [0.3, 0.4) is 0 Å². The predicted molar refractivity (Wildman–Crippen MR) is 86.6 cm³/mol. The van der Waals surface area contributed by atoms with Gasteiger partial charge in [0.25, 0.3) is 0 Å². The van der Waals surface area contributed by atoms with Gasteiger partial charge in [0, 0.05) is 25.2 Å². The van der Waals surface area contributed by atoms with Crippen LogP contribution in [0.1, 0.15) is 12.8 Å². The minimum Gasteiger partial charge on any atom is -0.494 e. The Hall–Kier alpha value is -1.85. The van der Waals surface area contributed by atoms with Crippen molar-refractivity contribution in [3.63, 3.8) is 0 Å². The third-order valence-corrected chi connectivity index (χ3v) is 3.94. The van der Waals surface area contributed by atoms with Crippen molar-refractivity contribution in [3.8, 4) is 5.75 Å². The second-order valence-electron chi connectivity index (χ2n) is 5.58. The first-order valence-electron chi connectivity index (χ1n) is 7.87. The van der Waals surface area contributed by atoms with Crippen molar-refractivity contribution in [3.05, 3.63) is 40.7 Å². The molecular weight excluding hydrogens is 280 g/mol. The summed E-state index contributed by atoms with van der Waals surface area (Å²) in [6.45, 7) is 5.60. The van der Waals surface area contributed by atoms with Gasteiger partial charge >= 0.3 is 0 Å². The second kappa shape index (κ2) is 7.42. The molecule has 0 bridgehead atoms. The minimum absolute atomic E-state index is 0.0878. The molecular formula is C17H22N2O3. The van der Waals surface area contributed by atoms with Crippen LogP contribution in [0.4, 0.5) is 0 Å². The SMILES string of the molecule is O=c1ccc2ccc(OCCCCN3CCOCC3)cc2[nH]1. The average Bonchev–Trinajstić information content (AvgIpc) is 2.55. The van der Waals surface area contributed by atoms with E-state index in [0.717, 1.165) is 62.3 Å². The van der Waals surface area contributed by atoms with Gasteiger partial charge in [-0.25, -0.2) is 0 Å². The van der Waals surface area contributed by atoms with E-state index in [9.17, 15) is 4.79 Å². The van der Waals surface area contributed by atoms with Crippen LogP contribution in [0.2, 0.25) is 0 Å². The van der Waals surface area contributed by atoms with E-state index in [4.69, 9.17) is 9.47 Å². The molecule has 22 heavy (non-hydrogen) atoms. The Morgan fingerprint density at radius 1 is 1.14 bits per heavy atom. The third-order valence-electron chi connectivity index (χ3n) is 3.94. The van der Waals surface area contributed by atoms with Crippen LogP contribution in [0.25, 0.3) is 10.9 Å². The number of aromatic amines is 1. The summed E-state index contributed by atoms with van der Waals surface area (Å²) in [6, 6.07) is 9.16. The summed E-state index contributed by atoms with van der Waals surface area (Å²) >= 11 is 0. The maximum absolute atomic E-state index is 11.3. The molecule has 0 unspecified atom stereocenters. The number of pyridine rings is 1. The number of unbranched alkanes of at least 4 members (excludes halogenated alkanes) is 1. The molecule has 0 radical (unpaired) electrons. The first-order chi connectivity index (χ1) is 10.8. The van der Waals surface area contributed by atoms with Crippen molar-refractivity contribution >= 4 is 10.9 Å². The van der Waals surface area contributed by atoms with Crippen LogP contribution in [0.5, 0.6) is 5.75 Å². The highest BCUT2D eigenvalue weighted by atomic mass is 16.5. The summed E-state index contributed by atoms with van der Waals surface area (Å²) in [6.07, 6.45) is 2.16. The monoisotopic (exact) mass is 302 g/mol. The number of rotatable bonds is 6. The van der Waals surface area contributed by atoms with E-state index in [1.165, 1.54) is 6.07 Å². The lowest BCUT2D eigenvalue weighted by atomic mass is 10.2. The molecule has 0 aliphatic carbocycles. The fourth-order valence-corrected chi connectivity index (χ4v) is 2.67. The lowest BCUT2D eigenvalue weighted by Crippen LogP contribution is -2.36. The molecule has 1 saturated heterocycles. The molecule has 1 fully saturated rings. The summed E-state index contributed by atoms with van der Waals surface area (Å²) < 4.78 is 11.1. The lowest BCUT2D eigenvalue weighted by Gasteiger charge is -2.26. The van der Waals surface area contributed by atoms with Gasteiger partial charge in [0.05, 0.1) is 25.3 Å². The molecule has 1 aromatic heterocycles. The quantitative estimate of drug-likeness (QED) is 0.830. The number of ether oxygens (including phenoxy) is 2. The van der Waals surface area contributed by atoms with Crippen LogP contribution in [0.15, 0.2) is 35.1 Å². The minimum atomic E-state index is -0.0878. The highest BCUT2D eigenvalue weighted by Crippen LogP contribution is 2.18. The topological polar surface area (TPSA) is 54.6 Å². The summed E-state index contributed by atoms with van der Waals surface area (Å²) in [5, 5.41) is 1.01. The lowest BCUT2D eigenvalue weighted by molar-refractivity contribution is 0.0368. The number of hydrogen-bond acceptors (Lipinski definition) is 4. The van der Waals surface area contributed by atoms with Crippen molar-refractivity contribution in [1.29, 1.82) is 0 Å². The molecule has 0 amide bonds. The van der Waals surface area contributed by atoms with Crippen LogP contribution in [0, 0.1) is 0 Å². The molecule has 1 N–H and O–H groups in total. The Kier molecular flexibility index (Phi) is 5.08. The van der Waals surface area contributed by atoms with E-state index >= 15 is 0 Å². The van der Waals surface area contributed by atoms with Crippen molar-refractivity contribution in [2.75, 3.05) is 39.5 Å². The Morgan fingerprint density at radius 3 is 2.82 bits per heavy atom. The number of nitrogens with zero attached hydrogens (tertiary/aromatic N) is 1. The molecule has 5 heteroatoms. The molecule has 1 aliphatic rings. The Balaban J connectivity index is 1.44. The van der Waals surface area contributed by atoms with Gasteiger partial charge in [-0.3, -0.25) is 9.69 Å². The maximum atomic E-state index is 11.3. The number of hydrogen-bond donors (Lipinski definition) is 1. The maximum Gasteiger partial charge on any atom is 0.248 e. The Bertz CT molecular complexity index is 662. The molecule has 5 nitrogen and oxygen atoms in total. The normalized spacial score (nSPS) is 16.0. The highest BCUT2D eigenvalue weighted by Gasteiger charge is 2.09. The molecule has 0 atom stereocenters. The van der Waals surface area contributed by atoms with Crippen molar-refractivity contribution in [2.24, 2.45) is 0 Å².